The molecule has 1 aromatic heterocycles. The molecule has 568 valence electrons. The molecule has 5 heterocycles. The molecule has 8 amide bonds. The molecule has 29 heteroatoms. The Balaban J connectivity index is 0.891. The predicted molar refractivity (Wildman–Crippen MR) is 392 cm³/mol. The molecule has 4 aromatic carbocycles. The predicted octanol–water partition coefficient (Wildman–Crippen LogP) is 8.04. The Hall–Kier alpha value is -10.5. The topological polar surface area (TPSA) is 404 Å². The van der Waals surface area contributed by atoms with E-state index < -0.39 is 113 Å². The third-order valence-corrected chi connectivity index (χ3v) is 20.2. The number of carbonyl (C=O) groups is 10. The number of allylic oxidation sites excluding steroid dienone is 2. The number of urea groups is 1. The van der Waals surface area contributed by atoms with Crippen molar-refractivity contribution in [3.63, 3.8) is 0 Å². The minimum atomic E-state index is -2.13. The number of piperazine rings is 1. The van der Waals surface area contributed by atoms with Crippen molar-refractivity contribution in [3.8, 4) is 11.5 Å². The van der Waals surface area contributed by atoms with E-state index in [0.29, 0.717) is 55.7 Å². The highest BCUT2D eigenvalue weighted by atomic mass is 16.7. The molecule has 1 saturated heterocycles. The van der Waals surface area contributed by atoms with Crippen LogP contribution in [0.5, 0.6) is 11.5 Å². The van der Waals surface area contributed by atoms with Crippen molar-refractivity contribution in [3.05, 3.63) is 118 Å². The Morgan fingerprint density at radius 3 is 2.22 bits per heavy atom. The lowest BCUT2D eigenvalue weighted by Gasteiger charge is -2.38. The minimum Gasteiger partial charge on any atom is -0.505 e. The summed E-state index contributed by atoms with van der Waals surface area (Å²) in [5.41, 5.74) is 5.82. The van der Waals surface area contributed by atoms with Crippen LogP contribution in [0, 0.1) is 42.4 Å². The highest BCUT2D eigenvalue weighted by molar-refractivity contribution is 6.26. The van der Waals surface area contributed by atoms with E-state index in [0.717, 1.165) is 4.90 Å². The maximum Gasteiger partial charge on any atom is 0.410 e. The van der Waals surface area contributed by atoms with Crippen LogP contribution in [0.2, 0.25) is 0 Å². The average Bonchev–Trinajstić information content (AvgIpc) is 1.42. The normalized spacial score (nSPS) is 23.9. The number of ether oxygens (including phenoxy) is 5. The lowest BCUT2D eigenvalue weighted by molar-refractivity contribution is -0.160. The number of esters is 1. The largest absolute Gasteiger partial charge is 0.505 e. The van der Waals surface area contributed by atoms with E-state index in [1.165, 1.54) is 65.4 Å². The Kier molecular flexibility index (Phi) is 26.0. The number of unbranched alkanes of at least 4 members (excludes halogenated alkanes) is 2. The number of primary amides is 1. The first kappa shape index (κ1) is 79.6. The number of fused-ring (bicyclic) bond motifs is 2. The SMILES string of the molecule is CO[C@H]1/C=C/O[C@@]2(C)Oc3c(C)c(=O)c4c(O)c(c5oc6cc(N7CCN(C(=O)OCc8ccc(NC(=O)[C@H](CCCNC(N)=O)CC(=O)[C@@H](NC(=O)CCCCCN9C(=O)C=CC9=O)C(C)C)cc8)CC7)ccc6nc5c4c3C2=O)NC(=O)/C(C)=C\C=C\[C@H](C)[C@H](O)[C@@H](C)[C@@H](O)[C@@H](C)[C@H](OC(C)=O)[C@@H]1C. The Bertz CT molecular complexity index is 4390. The highest BCUT2D eigenvalue weighted by Crippen LogP contribution is 2.49. The summed E-state index contributed by atoms with van der Waals surface area (Å²) in [6, 6.07) is 10.1. The second kappa shape index (κ2) is 34.6. The fourth-order valence-corrected chi connectivity index (χ4v) is 13.8. The number of hydrogen-bond acceptors (Lipinski definition) is 22. The zero-order valence-electron chi connectivity index (χ0n) is 61.5. The van der Waals surface area contributed by atoms with Gasteiger partial charge in [0.2, 0.25) is 11.8 Å². The summed E-state index contributed by atoms with van der Waals surface area (Å²) in [6.45, 7) is 17.4. The summed E-state index contributed by atoms with van der Waals surface area (Å²) in [5, 5.41) is 46.1. The van der Waals surface area contributed by atoms with E-state index in [2.05, 4.69) is 21.3 Å². The van der Waals surface area contributed by atoms with Gasteiger partial charge in [-0.3, -0.25) is 48.1 Å². The number of Topliss-reactive ketones (excluding diaryl/α,β-unsaturated/α-hetero) is 2. The summed E-state index contributed by atoms with van der Waals surface area (Å²) >= 11 is 0. The molecule has 4 aliphatic heterocycles. The van der Waals surface area contributed by atoms with E-state index in [4.69, 9.17) is 38.8 Å². The van der Waals surface area contributed by atoms with Crippen molar-refractivity contribution in [2.45, 2.75) is 157 Å². The molecule has 9 rings (SSSR count). The van der Waals surface area contributed by atoms with Crippen LogP contribution in [-0.4, -0.2) is 172 Å². The number of phenolic OH excluding ortho intramolecular Hbond substituents is 1. The van der Waals surface area contributed by atoms with Crippen LogP contribution in [0.3, 0.4) is 0 Å². The Labute approximate surface area is 612 Å². The number of aromatic nitrogens is 1. The van der Waals surface area contributed by atoms with Crippen molar-refractivity contribution in [2.24, 2.45) is 41.2 Å². The van der Waals surface area contributed by atoms with Gasteiger partial charge in [0, 0.05) is 149 Å². The van der Waals surface area contributed by atoms with Crippen molar-refractivity contribution in [1.82, 2.24) is 25.4 Å². The van der Waals surface area contributed by atoms with Gasteiger partial charge in [0.05, 0.1) is 41.6 Å². The number of hydrogen-bond donors (Lipinski definition) is 8. The number of methoxy groups -OCH3 is 1. The van der Waals surface area contributed by atoms with Crippen LogP contribution in [0.1, 0.15) is 129 Å². The summed E-state index contributed by atoms with van der Waals surface area (Å²) in [6.07, 6.45) is 7.05. The number of nitrogens with two attached hydrogens (primary N) is 1. The summed E-state index contributed by atoms with van der Waals surface area (Å²) in [4.78, 5) is 156. The summed E-state index contributed by atoms with van der Waals surface area (Å²) in [7, 11) is 1.42. The second-order valence-electron chi connectivity index (χ2n) is 28.2. The molecule has 1 fully saturated rings. The number of aliphatic hydroxyl groups excluding tert-OH is 2. The number of imide groups is 1. The van der Waals surface area contributed by atoms with Crippen LogP contribution in [0.4, 0.5) is 26.7 Å². The third-order valence-electron chi connectivity index (χ3n) is 20.2. The molecule has 5 aromatic rings. The third kappa shape index (κ3) is 18.2. The lowest BCUT2D eigenvalue weighted by atomic mass is 9.78. The van der Waals surface area contributed by atoms with Crippen LogP contribution in [0.15, 0.2) is 100.0 Å². The number of rotatable bonds is 22. The van der Waals surface area contributed by atoms with Gasteiger partial charge in [-0.25, -0.2) is 14.6 Å². The molecule has 0 spiro atoms. The van der Waals surface area contributed by atoms with E-state index in [1.807, 2.05) is 4.90 Å². The van der Waals surface area contributed by atoms with Crippen molar-refractivity contribution >= 4 is 109 Å². The Morgan fingerprint density at radius 1 is 0.858 bits per heavy atom. The van der Waals surface area contributed by atoms with Crippen molar-refractivity contribution in [1.29, 1.82) is 0 Å². The van der Waals surface area contributed by atoms with Crippen LogP contribution >= 0.6 is 0 Å². The number of amides is 8. The van der Waals surface area contributed by atoms with E-state index in [-0.39, 0.29) is 143 Å². The maximum atomic E-state index is 15.0. The monoisotopic (exact) mass is 1470 g/mol. The molecule has 0 radical (unpaired) electrons. The van der Waals surface area contributed by atoms with Gasteiger partial charge in [0.1, 0.15) is 35.2 Å². The number of benzene rings is 4. The molecule has 106 heavy (non-hydrogen) atoms. The molecule has 11 atom stereocenters. The fraction of sp³-hybridized carbons (Fsp3) is 0.481. The van der Waals surface area contributed by atoms with Gasteiger partial charge in [0.25, 0.3) is 23.5 Å². The molecule has 0 aliphatic carbocycles. The maximum absolute atomic E-state index is 15.0. The number of aliphatic hydroxyl groups is 2. The number of nitrogens with zero attached hydrogens (tertiary/aromatic N) is 4. The highest BCUT2D eigenvalue weighted by Gasteiger charge is 2.50. The van der Waals surface area contributed by atoms with Gasteiger partial charge in [0.15, 0.2) is 28.1 Å². The average molecular weight is 1470 g/mol. The number of aromatic hydroxyl groups is 1. The first-order valence-corrected chi connectivity index (χ1v) is 35.7. The van der Waals surface area contributed by atoms with E-state index in [9.17, 15) is 63.3 Å². The number of nitrogens with one attached hydrogen (secondary N) is 4. The minimum absolute atomic E-state index is 0.0648. The molecule has 4 aliphatic rings. The first-order valence-electron chi connectivity index (χ1n) is 35.7. The molecule has 29 nitrogen and oxygen atoms in total. The number of ketones is 2. The quantitative estimate of drug-likeness (QED) is 0.00811. The first-order chi connectivity index (χ1) is 50.3. The van der Waals surface area contributed by atoms with Gasteiger partial charge in [-0.05, 0) is 81.4 Å². The van der Waals surface area contributed by atoms with Crippen molar-refractivity contribution in [2.75, 3.05) is 61.9 Å². The van der Waals surface area contributed by atoms with Crippen LogP contribution in [0.25, 0.3) is 33.0 Å². The number of carbonyl (C=O) groups excluding carboxylic acids is 10. The van der Waals surface area contributed by atoms with Gasteiger partial charge >= 0.3 is 23.9 Å². The summed E-state index contributed by atoms with van der Waals surface area (Å²) < 4.78 is 36.5. The second-order valence-corrected chi connectivity index (χ2v) is 28.2. The standard InChI is InChI=1S/C77H95N9O20/c1-40(2)62(82-56(89)20-13-12-14-31-86-57(90)27-28-58(86)91)53(88)37-49(19-16-30-79-75(78)99)74(98)80-50-23-21-48(22-24-50)39-102-76(100)85-34-32-84(33-35-85)51-25-26-52-55(38-51)105-71-63(81-52)59-60-67(94)46(8)70-61(59)72(96)77(10,106-70)103-36-29-54(101-11)43(5)69(104-47(9)87)45(7)66(93)44(6)65(92)41(3)17-15-18-42(4)73(97)83-64(71)68(60)95/h15,17-18,21-29,36,38,40-41,43-45,49,54,62,65-66,69,92-93,95H,12-14,16,19-20,30-35,37,39H2,1-11H3,(H,80,98)(H,82,89)(H,83,97)(H3,78,79,99)/b17-15+,36-29+,42-18-/t41-,43+,44+,45+,49+,54-,62-,65-,66+,69+,77-/m0/s1. The van der Waals surface area contributed by atoms with Crippen LogP contribution in [-0.2, 0) is 59.1 Å². The van der Waals surface area contributed by atoms with Gasteiger partial charge in [-0.1, -0.05) is 78.3 Å². The van der Waals surface area contributed by atoms with Gasteiger partial charge < -0.3 is 80.2 Å². The molecular weight excluding hydrogens is 1370 g/mol. The van der Waals surface area contributed by atoms with Crippen molar-refractivity contribution < 1.29 is 91.4 Å². The molecule has 0 saturated carbocycles. The molecule has 9 N–H and O–H groups in total. The lowest BCUT2D eigenvalue weighted by Crippen LogP contribution is -2.48. The number of phenols is 1. The van der Waals surface area contributed by atoms with Gasteiger partial charge in [-0.15, -0.1) is 0 Å². The fourth-order valence-electron chi connectivity index (χ4n) is 13.8. The molecule has 0 unspecified atom stereocenters. The van der Waals surface area contributed by atoms with E-state index >= 15 is 4.79 Å². The smallest absolute Gasteiger partial charge is 0.410 e. The Morgan fingerprint density at radius 2 is 1.56 bits per heavy atom. The molecular formula is C77H95N9O20. The molecule has 4 bridgehead atoms. The summed E-state index contributed by atoms with van der Waals surface area (Å²) in [5.74, 6) is -10.9. The van der Waals surface area contributed by atoms with Crippen LogP contribution < -0.4 is 42.1 Å². The van der Waals surface area contributed by atoms with E-state index in [1.54, 1.807) is 101 Å². The zero-order chi connectivity index (χ0) is 77.2. The zero-order valence-corrected chi connectivity index (χ0v) is 61.5. The number of anilines is 3. The van der Waals surface area contributed by atoms with Gasteiger partial charge in [-0.2, -0.15) is 0 Å².